The summed E-state index contributed by atoms with van der Waals surface area (Å²) in [5.41, 5.74) is 4.32. The fraction of sp³-hybridized carbons (Fsp3) is 0.382. The zero-order chi connectivity index (χ0) is 30.5. The maximum Gasteiger partial charge on any atom is 0.254 e. The number of ketones is 1. The second-order valence-corrected chi connectivity index (χ2v) is 12.4. The van der Waals surface area contributed by atoms with Gasteiger partial charge in [-0.2, -0.15) is 0 Å². The van der Waals surface area contributed by atoms with Gasteiger partial charge in [-0.3, -0.25) is 19.3 Å². The van der Waals surface area contributed by atoms with E-state index in [1.54, 1.807) is 12.1 Å². The Morgan fingerprint density at radius 3 is 2.19 bits per heavy atom. The number of aryl methyl sites for hydroxylation is 2. The lowest BCUT2D eigenvalue weighted by Crippen LogP contribution is -2.55. The highest BCUT2D eigenvalue weighted by molar-refractivity contribution is 6.42. The number of amides is 2. The Kier molecular flexibility index (Phi) is 10.2. The number of carbonyl (C=O) groups excluding carboxylic acids is 3. The van der Waals surface area contributed by atoms with Crippen molar-refractivity contribution in [1.82, 2.24) is 20.0 Å². The van der Waals surface area contributed by atoms with Crippen molar-refractivity contribution in [3.8, 4) is 0 Å². The molecule has 3 aromatic carbocycles. The van der Waals surface area contributed by atoms with E-state index in [4.69, 9.17) is 23.2 Å². The number of nitrogens with one attached hydrogen (secondary N) is 1. The summed E-state index contributed by atoms with van der Waals surface area (Å²) in [4.78, 5) is 45.6. The Morgan fingerprint density at radius 1 is 0.814 bits per heavy atom. The first-order valence-electron chi connectivity index (χ1n) is 14.8. The highest BCUT2D eigenvalue weighted by atomic mass is 35.5. The smallest absolute Gasteiger partial charge is 0.254 e. The van der Waals surface area contributed by atoms with E-state index in [-0.39, 0.29) is 36.2 Å². The predicted octanol–water partition coefficient (Wildman–Crippen LogP) is 5.57. The predicted molar refractivity (Wildman–Crippen MR) is 171 cm³/mol. The number of likely N-dealkylation sites (tertiary alicyclic amines) is 1. The van der Waals surface area contributed by atoms with Crippen LogP contribution in [-0.4, -0.2) is 84.2 Å². The first kappa shape index (κ1) is 31.2. The molecule has 0 aliphatic carbocycles. The van der Waals surface area contributed by atoms with Crippen LogP contribution in [0.25, 0.3) is 0 Å². The molecule has 0 radical (unpaired) electrons. The lowest BCUT2D eigenvalue weighted by atomic mass is 10.00. The average Bonchev–Trinajstić information content (AvgIpc) is 3.01. The summed E-state index contributed by atoms with van der Waals surface area (Å²) in [7, 11) is 0. The molecule has 43 heavy (non-hydrogen) atoms. The molecule has 1 unspecified atom stereocenters. The lowest BCUT2D eigenvalue weighted by Gasteiger charge is -2.42. The van der Waals surface area contributed by atoms with Crippen LogP contribution in [0.3, 0.4) is 0 Å². The molecule has 2 amide bonds. The third-order valence-electron chi connectivity index (χ3n) is 8.38. The highest BCUT2D eigenvalue weighted by Gasteiger charge is 2.34. The molecule has 0 spiro atoms. The van der Waals surface area contributed by atoms with Gasteiger partial charge in [-0.15, -0.1) is 0 Å². The van der Waals surface area contributed by atoms with Crippen molar-refractivity contribution >= 4 is 40.8 Å². The number of hydrogen-bond donors (Lipinski definition) is 1. The number of Topliss-reactive ketones (excluding diaryl/α,β-unsaturated/α-hetero) is 1. The fourth-order valence-corrected chi connectivity index (χ4v) is 6.40. The normalized spacial score (nSPS) is 18.1. The molecule has 7 nitrogen and oxygen atoms in total. The average molecular weight is 622 g/mol. The number of halogens is 2. The van der Waals surface area contributed by atoms with Gasteiger partial charge in [0.1, 0.15) is 0 Å². The molecular formula is C34H38Cl2N4O3. The van der Waals surface area contributed by atoms with Crippen molar-refractivity contribution in [3.05, 3.63) is 105 Å². The van der Waals surface area contributed by atoms with Crippen LogP contribution < -0.4 is 5.32 Å². The van der Waals surface area contributed by atoms with Crippen LogP contribution in [0.15, 0.2) is 66.7 Å². The number of hydrogen-bond acceptors (Lipinski definition) is 5. The van der Waals surface area contributed by atoms with Gasteiger partial charge in [-0.1, -0.05) is 76.8 Å². The Balaban J connectivity index is 1.20. The fourth-order valence-electron chi connectivity index (χ4n) is 6.10. The molecule has 2 heterocycles. The van der Waals surface area contributed by atoms with E-state index in [1.807, 2.05) is 78.2 Å². The number of piperazine rings is 1. The van der Waals surface area contributed by atoms with Crippen LogP contribution in [-0.2, 0) is 4.79 Å². The Hall–Kier alpha value is -3.23. The first-order valence-corrected chi connectivity index (χ1v) is 15.6. The van der Waals surface area contributed by atoms with Crippen LogP contribution >= 0.6 is 23.2 Å². The van der Waals surface area contributed by atoms with E-state index in [1.165, 1.54) is 0 Å². The van der Waals surface area contributed by atoms with Gasteiger partial charge in [0.15, 0.2) is 5.78 Å². The summed E-state index contributed by atoms with van der Waals surface area (Å²) in [6, 6.07) is 20.5. The van der Waals surface area contributed by atoms with E-state index >= 15 is 0 Å². The number of nitrogens with zero attached hydrogens (tertiary/aromatic N) is 3. The first-order chi connectivity index (χ1) is 20.7. The Labute approximate surface area is 263 Å². The monoisotopic (exact) mass is 620 g/mol. The van der Waals surface area contributed by atoms with Crippen LogP contribution in [0.2, 0.25) is 10.0 Å². The molecule has 0 aromatic heterocycles. The van der Waals surface area contributed by atoms with Crippen molar-refractivity contribution in [2.24, 2.45) is 0 Å². The molecule has 1 atom stereocenters. The van der Waals surface area contributed by atoms with E-state index in [0.29, 0.717) is 41.8 Å². The van der Waals surface area contributed by atoms with Gasteiger partial charge in [0.2, 0.25) is 5.91 Å². The summed E-state index contributed by atoms with van der Waals surface area (Å²) >= 11 is 12.6. The molecular weight excluding hydrogens is 583 g/mol. The Morgan fingerprint density at radius 2 is 1.51 bits per heavy atom. The second kappa shape index (κ2) is 14.0. The third kappa shape index (κ3) is 7.84. The maximum atomic E-state index is 13.6. The molecule has 2 fully saturated rings. The minimum absolute atomic E-state index is 0.0174. The molecule has 3 aromatic rings. The van der Waals surface area contributed by atoms with Crippen molar-refractivity contribution in [1.29, 1.82) is 0 Å². The lowest BCUT2D eigenvalue weighted by molar-refractivity contribution is -0.135. The van der Waals surface area contributed by atoms with Gasteiger partial charge >= 0.3 is 0 Å². The topological polar surface area (TPSA) is 73.0 Å². The van der Waals surface area contributed by atoms with Gasteiger partial charge in [-0.25, -0.2) is 0 Å². The van der Waals surface area contributed by atoms with E-state index in [2.05, 4.69) is 10.2 Å². The Bertz CT molecular complexity index is 1450. The number of carbonyl (C=O) groups is 3. The molecule has 226 valence electrons. The summed E-state index contributed by atoms with van der Waals surface area (Å²) in [6.07, 6.45) is 1.73. The molecule has 2 aliphatic heterocycles. The summed E-state index contributed by atoms with van der Waals surface area (Å²) in [5.74, 6) is 0.0709. The van der Waals surface area contributed by atoms with Gasteiger partial charge in [0.05, 0.1) is 29.2 Å². The van der Waals surface area contributed by atoms with Crippen LogP contribution in [0.5, 0.6) is 0 Å². The van der Waals surface area contributed by atoms with Gasteiger partial charge in [0.25, 0.3) is 5.91 Å². The molecule has 2 aliphatic rings. The van der Waals surface area contributed by atoms with E-state index in [9.17, 15) is 14.4 Å². The zero-order valence-electron chi connectivity index (χ0n) is 24.7. The van der Waals surface area contributed by atoms with E-state index < -0.39 is 0 Å². The number of benzene rings is 3. The number of rotatable bonds is 8. The van der Waals surface area contributed by atoms with Gasteiger partial charge in [-0.05, 0) is 56.5 Å². The standard InChI is InChI=1S/C34H38Cl2N4O3/c1-23-16-24(2)18-27(17-23)34(43)39-14-15-40(31(21-39)26-8-9-29(35)30(36)19-26)33(42)20-37-28-10-12-38(13-11-28)22-32(41)25-6-4-3-5-7-25/h3-9,16-19,28,31,37H,10-15,20-22H2,1-2H3. The van der Waals surface area contributed by atoms with Gasteiger partial charge in [0, 0.05) is 49.9 Å². The molecule has 5 rings (SSSR count). The second-order valence-electron chi connectivity index (χ2n) is 11.6. The minimum atomic E-state index is -0.349. The van der Waals surface area contributed by atoms with E-state index in [0.717, 1.165) is 48.2 Å². The molecule has 0 saturated carbocycles. The zero-order valence-corrected chi connectivity index (χ0v) is 26.2. The minimum Gasteiger partial charge on any atom is -0.334 e. The number of piperidine rings is 1. The third-order valence-corrected chi connectivity index (χ3v) is 9.12. The van der Waals surface area contributed by atoms with Crippen molar-refractivity contribution < 1.29 is 14.4 Å². The molecule has 9 heteroatoms. The largest absolute Gasteiger partial charge is 0.334 e. The maximum absolute atomic E-state index is 13.6. The van der Waals surface area contributed by atoms with Crippen molar-refractivity contribution in [2.45, 2.75) is 38.8 Å². The van der Waals surface area contributed by atoms with Crippen molar-refractivity contribution in [2.75, 3.05) is 45.8 Å². The van der Waals surface area contributed by atoms with Crippen molar-refractivity contribution in [3.63, 3.8) is 0 Å². The SMILES string of the molecule is Cc1cc(C)cc(C(=O)N2CCN(C(=O)CNC3CCN(CC(=O)c4ccccc4)CC3)C(c3ccc(Cl)c(Cl)c3)C2)c1. The van der Waals surface area contributed by atoms with Crippen LogP contribution in [0.4, 0.5) is 0 Å². The highest BCUT2D eigenvalue weighted by Crippen LogP contribution is 2.31. The summed E-state index contributed by atoms with van der Waals surface area (Å²) in [5, 5.41) is 4.32. The van der Waals surface area contributed by atoms with Crippen LogP contribution in [0.1, 0.15) is 56.3 Å². The molecule has 0 bridgehead atoms. The van der Waals surface area contributed by atoms with Crippen LogP contribution in [0, 0.1) is 13.8 Å². The quantitative estimate of drug-likeness (QED) is 0.333. The molecule has 1 N–H and O–H groups in total. The summed E-state index contributed by atoms with van der Waals surface area (Å²) in [6.45, 7) is 7.42. The molecule has 2 saturated heterocycles. The van der Waals surface area contributed by atoms with Gasteiger partial charge < -0.3 is 15.1 Å². The summed E-state index contributed by atoms with van der Waals surface area (Å²) < 4.78 is 0.